The Morgan fingerprint density at radius 2 is 2.19 bits per heavy atom. The van der Waals surface area contributed by atoms with Crippen molar-refractivity contribution in [2.24, 2.45) is 0 Å². The van der Waals surface area contributed by atoms with Crippen molar-refractivity contribution in [2.75, 3.05) is 6.26 Å². The number of aliphatic hydroxyl groups excluding tert-OH is 1. The highest BCUT2D eigenvalue weighted by Gasteiger charge is 2.30. The normalized spacial score (nSPS) is 24.1. The fourth-order valence-electron chi connectivity index (χ4n) is 2.73. The van der Waals surface area contributed by atoms with Crippen LogP contribution in [0.15, 0.2) is 29.2 Å². The number of sulfonamides is 1. The summed E-state index contributed by atoms with van der Waals surface area (Å²) >= 11 is 1.72. The van der Waals surface area contributed by atoms with Crippen molar-refractivity contribution in [1.82, 2.24) is 4.72 Å². The highest BCUT2D eigenvalue weighted by Crippen LogP contribution is 2.29. The first-order chi connectivity index (χ1) is 9.97. The highest BCUT2D eigenvalue weighted by atomic mass is 32.2. The molecule has 0 radical (unpaired) electrons. The van der Waals surface area contributed by atoms with E-state index in [0.29, 0.717) is 17.2 Å². The molecule has 1 aliphatic rings. The van der Waals surface area contributed by atoms with E-state index in [1.54, 1.807) is 36.0 Å². The number of benzene rings is 1. The second-order valence-electron chi connectivity index (χ2n) is 5.43. The molecule has 0 heterocycles. The Balaban J connectivity index is 2.19. The maximum Gasteiger partial charge on any atom is 0.240 e. The first-order valence-electron chi connectivity index (χ1n) is 7.31. The van der Waals surface area contributed by atoms with Crippen LogP contribution in [-0.2, 0) is 10.0 Å². The number of hydrogen-bond acceptors (Lipinski definition) is 4. The molecular formula is C15H23NO3S2. The Morgan fingerprint density at radius 3 is 2.86 bits per heavy atom. The predicted molar refractivity (Wildman–Crippen MR) is 87.0 cm³/mol. The van der Waals surface area contributed by atoms with Gasteiger partial charge < -0.3 is 5.11 Å². The van der Waals surface area contributed by atoms with Crippen LogP contribution in [0.4, 0.5) is 0 Å². The highest BCUT2D eigenvalue weighted by molar-refractivity contribution is 7.99. The Kier molecular flexibility index (Phi) is 5.71. The summed E-state index contributed by atoms with van der Waals surface area (Å²) in [7, 11) is -3.53. The van der Waals surface area contributed by atoms with Crippen molar-refractivity contribution in [3.63, 3.8) is 0 Å². The van der Waals surface area contributed by atoms with Gasteiger partial charge in [0.1, 0.15) is 0 Å². The molecule has 2 rings (SSSR count). The van der Waals surface area contributed by atoms with Gasteiger partial charge in [0.25, 0.3) is 0 Å². The van der Waals surface area contributed by atoms with Gasteiger partial charge in [0.05, 0.1) is 11.0 Å². The molecule has 6 heteroatoms. The SMILES string of the molecule is CCC(O)c1cccc(S(=O)(=O)NC2CCCC2SC)c1. The minimum Gasteiger partial charge on any atom is -0.388 e. The van der Waals surface area contributed by atoms with E-state index in [1.807, 2.05) is 13.2 Å². The van der Waals surface area contributed by atoms with E-state index in [9.17, 15) is 13.5 Å². The summed E-state index contributed by atoms with van der Waals surface area (Å²) in [5, 5.41) is 10.2. The van der Waals surface area contributed by atoms with Crippen LogP contribution in [0.2, 0.25) is 0 Å². The average molecular weight is 329 g/mol. The summed E-state index contributed by atoms with van der Waals surface area (Å²) in [6.45, 7) is 1.87. The zero-order chi connectivity index (χ0) is 15.5. The number of rotatable bonds is 6. The van der Waals surface area contributed by atoms with Crippen LogP contribution < -0.4 is 4.72 Å². The molecule has 1 fully saturated rings. The number of thioether (sulfide) groups is 1. The lowest BCUT2D eigenvalue weighted by Crippen LogP contribution is -2.38. The summed E-state index contributed by atoms with van der Waals surface area (Å²) < 4.78 is 27.8. The summed E-state index contributed by atoms with van der Waals surface area (Å²) in [4.78, 5) is 0.235. The third kappa shape index (κ3) is 4.00. The van der Waals surface area contributed by atoms with Gasteiger partial charge >= 0.3 is 0 Å². The monoisotopic (exact) mass is 329 g/mol. The van der Waals surface area contributed by atoms with Crippen LogP contribution in [-0.4, -0.2) is 31.1 Å². The molecular weight excluding hydrogens is 306 g/mol. The number of nitrogens with one attached hydrogen (secondary N) is 1. The first-order valence-corrected chi connectivity index (χ1v) is 10.1. The van der Waals surface area contributed by atoms with Gasteiger partial charge in [-0.25, -0.2) is 13.1 Å². The third-order valence-electron chi connectivity index (χ3n) is 4.00. The molecule has 3 unspecified atom stereocenters. The van der Waals surface area contributed by atoms with Crippen molar-refractivity contribution < 1.29 is 13.5 Å². The van der Waals surface area contributed by atoms with Crippen molar-refractivity contribution in [3.8, 4) is 0 Å². The van der Waals surface area contributed by atoms with Gasteiger partial charge in [0.2, 0.25) is 10.0 Å². The van der Waals surface area contributed by atoms with Gasteiger partial charge in [0.15, 0.2) is 0 Å². The van der Waals surface area contributed by atoms with Gasteiger partial charge in [-0.1, -0.05) is 25.5 Å². The Hall–Kier alpha value is -0.560. The molecule has 0 spiro atoms. The van der Waals surface area contributed by atoms with E-state index in [2.05, 4.69) is 4.72 Å². The number of hydrogen-bond donors (Lipinski definition) is 2. The Morgan fingerprint density at radius 1 is 1.43 bits per heavy atom. The van der Waals surface area contributed by atoms with Gasteiger partial charge in [0, 0.05) is 11.3 Å². The summed E-state index contributed by atoms with van der Waals surface area (Å²) in [6, 6.07) is 6.60. The van der Waals surface area contributed by atoms with Crippen LogP contribution in [0.3, 0.4) is 0 Å². The lowest BCUT2D eigenvalue weighted by atomic mass is 10.1. The standard InChI is InChI=1S/C15H23NO3S2/c1-3-14(17)11-6-4-7-12(10-11)21(18,19)16-13-8-5-9-15(13)20-2/h4,6-7,10,13-17H,3,5,8-9H2,1-2H3. The molecule has 3 atom stereocenters. The molecule has 1 aromatic carbocycles. The summed E-state index contributed by atoms with van der Waals surface area (Å²) in [5.41, 5.74) is 0.646. The molecule has 1 aromatic rings. The van der Waals surface area contributed by atoms with Gasteiger partial charge in [-0.15, -0.1) is 0 Å². The largest absolute Gasteiger partial charge is 0.388 e. The van der Waals surface area contributed by atoms with Crippen LogP contribution in [0.25, 0.3) is 0 Å². The predicted octanol–water partition coefficient (Wildman–Crippen LogP) is 2.69. The Bertz CT molecular complexity index is 574. The van der Waals surface area contributed by atoms with Crippen molar-refractivity contribution in [2.45, 2.75) is 54.9 Å². The molecule has 1 aliphatic carbocycles. The van der Waals surface area contributed by atoms with Crippen LogP contribution >= 0.6 is 11.8 Å². The minimum absolute atomic E-state index is 0.00440. The lowest BCUT2D eigenvalue weighted by Gasteiger charge is -2.19. The van der Waals surface area contributed by atoms with E-state index >= 15 is 0 Å². The van der Waals surface area contributed by atoms with Crippen LogP contribution in [0.1, 0.15) is 44.3 Å². The quantitative estimate of drug-likeness (QED) is 0.842. The summed E-state index contributed by atoms with van der Waals surface area (Å²) in [6.07, 6.45) is 4.98. The minimum atomic E-state index is -3.53. The topological polar surface area (TPSA) is 66.4 Å². The maximum absolute atomic E-state index is 12.5. The second kappa shape index (κ2) is 7.13. The smallest absolute Gasteiger partial charge is 0.240 e. The van der Waals surface area contributed by atoms with Crippen molar-refractivity contribution in [1.29, 1.82) is 0 Å². The fourth-order valence-corrected chi connectivity index (χ4v) is 5.12. The van der Waals surface area contributed by atoms with E-state index in [0.717, 1.165) is 19.3 Å². The van der Waals surface area contributed by atoms with Gasteiger partial charge in [-0.3, -0.25) is 0 Å². The van der Waals surface area contributed by atoms with Crippen molar-refractivity contribution in [3.05, 3.63) is 29.8 Å². The van der Waals surface area contributed by atoms with E-state index in [-0.39, 0.29) is 10.9 Å². The van der Waals surface area contributed by atoms with Crippen molar-refractivity contribution >= 4 is 21.8 Å². The molecule has 0 aliphatic heterocycles. The molecule has 0 amide bonds. The average Bonchev–Trinajstić information content (AvgIpc) is 2.93. The molecule has 1 saturated carbocycles. The maximum atomic E-state index is 12.5. The van der Waals surface area contributed by atoms with Crippen LogP contribution in [0, 0.1) is 0 Å². The molecule has 4 nitrogen and oxygen atoms in total. The molecule has 21 heavy (non-hydrogen) atoms. The zero-order valence-electron chi connectivity index (χ0n) is 12.5. The lowest BCUT2D eigenvalue weighted by molar-refractivity contribution is 0.173. The molecule has 0 aromatic heterocycles. The third-order valence-corrected chi connectivity index (χ3v) is 6.66. The Labute approximate surface area is 131 Å². The van der Waals surface area contributed by atoms with E-state index in [1.165, 1.54) is 0 Å². The van der Waals surface area contributed by atoms with Gasteiger partial charge in [-0.05, 0) is 43.2 Å². The van der Waals surface area contributed by atoms with Crippen LogP contribution in [0.5, 0.6) is 0 Å². The molecule has 0 saturated heterocycles. The first kappa shape index (κ1) is 16.8. The molecule has 0 bridgehead atoms. The van der Waals surface area contributed by atoms with E-state index < -0.39 is 16.1 Å². The molecule has 2 N–H and O–H groups in total. The molecule has 118 valence electrons. The van der Waals surface area contributed by atoms with E-state index in [4.69, 9.17) is 0 Å². The fraction of sp³-hybridized carbons (Fsp3) is 0.600. The number of aliphatic hydroxyl groups is 1. The zero-order valence-corrected chi connectivity index (χ0v) is 14.1. The second-order valence-corrected chi connectivity index (χ2v) is 8.22. The summed E-state index contributed by atoms with van der Waals surface area (Å²) in [5.74, 6) is 0. The van der Waals surface area contributed by atoms with Gasteiger partial charge in [-0.2, -0.15) is 11.8 Å².